The predicted octanol–water partition coefficient (Wildman–Crippen LogP) is 5.22. The summed E-state index contributed by atoms with van der Waals surface area (Å²) >= 11 is 0. The van der Waals surface area contributed by atoms with Gasteiger partial charge in [0, 0.05) is 44.5 Å². The molecule has 3 rings (SSSR count). The molecule has 28 heavy (non-hydrogen) atoms. The van der Waals surface area contributed by atoms with Crippen LogP contribution >= 0.6 is 0 Å². The Bertz CT molecular complexity index is 981. The summed E-state index contributed by atoms with van der Waals surface area (Å²) in [5.41, 5.74) is 3.50. The van der Waals surface area contributed by atoms with Gasteiger partial charge < -0.3 is 10.2 Å². The molecule has 3 aromatic carbocycles. The van der Waals surface area contributed by atoms with E-state index in [4.69, 9.17) is 0 Å². The van der Waals surface area contributed by atoms with Gasteiger partial charge in [-0.1, -0.05) is 36.4 Å². The minimum absolute atomic E-state index is 0.109. The van der Waals surface area contributed by atoms with Crippen LogP contribution in [0.25, 0.3) is 10.8 Å². The number of rotatable bonds is 8. The summed E-state index contributed by atoms with van der Waals surface area (Å²) < 4.78 is 0. The van der Waals surface area contributed by atoms with Crippen molar-refractivity contribution in [2.45, 2.75) is 19.0 Å². The van der Waals surface area contributed by atoms with Crippen molar-refractivity contribution >= 4 is 22.1 Å². The van der Waals surface area contributed by atoms with E-state index in [-0.39, 0.29) is 16.7 Å². The predicted molar refractivity (Wildman–Crippen MR) is 116 cm³/mol. The second kappa shape index (κ2) is 8.67. The van der Waals surface area contributed by atoms with Crippen molar-refractivity contribution in [2.75, 3.05) is 19.0 Å². The maximum atomic E-state index is 10.8. The highest BCUT2D eigenvalue weighted by Gasteiger charge is 2.11. The quantitative estimate of drug-likeness (QED) is 0.333. The number of nitrogens with one attached hydrogen (secondary N) is 1. The molecule has 0 radical (unpaired) electrons. The van der Waals surface area contributed by atoms with E-state index in [0.29, 0.717) is 6.54 Å². The van der Waals surface area contributed by atoms with Gasteiger partial charge in [0.1, 0.15) is 0 Å². The third-order valence-electron chi connectivity index (χ3n) is 4.87. The van der Waals surface area contributed by atoms with Gasteiger partial charge in [0.05, 0.1) is 4.92 Å². The summed E-state index contributed by atoms with van der Waals surface area (Å²) in [6.07, 6.45) is 2.71. The number of nitro benzene ring substituents is 1. The normalized spacial score (nSPS) is 11.9. The second-order valence-electron chi connectivity index (χ2n) is 7.07. The lowest BCUT2D eigenvalue weighted by Gasteiger charge is -2.19. The van der Waals surface area contributed by atoms with Gasteiger partial charge in [-0.15, -0.1) is 6.58 Å². The molecule has 0 heterocycles. The van der Waals surface area contributed by atoms with Crippen LogP contribution in [0.15, 0.2) is 73.3 Å². The van der Waals surface area contributed by atoms with Crippen LogP contribution in [0.1, 0.15) is 23.6 Å². The molecular formula is C23H25N3O2. The second-order valence-corrected chi connectivity index (χ2v) is 7.07. The van der Waals surface area contributed by atoms with Crippen molar-refractivity contribution in [2.24, 2.45) is 0 Å². The molecule has 0 aliphatic heterocycles. The van der Waals surface area contributed by atoms with Crippen molar-refractivity contribution in [3.05, 3.63) is 94.6 Å². The summed E-state index contributed by atoms with van der Waals surface area (Å²) in [5, 5.41) is 16.8. The minimum atomic E-state index is -0.380. The summed E-state index contributed by atoms with van der Waals surface area (Å²) in [5.74, 6) is 0. The van der Waals surface area contributed by atoms with Crippen LogP contribution in [-0.4, -0.2) is 19.0 Å². The Morgan fingerprint density at radius 3 is 2.39 bits per heavy atom. The smallest absolute Gasteiger partial charge is 0.269 e. The fraction of sp³-hybridized carbons (Fsp3) is 0.217. The summed E-state index contributed by atoms with van der Waals surface area (Å²) in [4.78, 5) is 12.5. The molecule has 0 amide bonds. The first-order chi connectivity index (χ1) is 13.5. The van der Waals surface area contributed by atoms with Crippen molar-refractivity contribution in [3.63, 3.8) is 0 Å². The van der Waals surface area contributed by atoms with Crippen LogP contribution in [0.4, 0.5) is 11.4 Å². The zero-order valence-corrected chi connectivity index (χ0v) is 16.3. The van der Waals surface area contributed by atoms with E-state index < -0.39 is 0 Å². The number of nitrogens with zero attached hydrogens (tertiary/aromatic N) is 2. The fourth-order valence-corrected chi connectivity index (χ4v) is 3.23. The van der Waals surface area contributed by atoms with Gasteiger partial charge in [-0.05, 0) is 46.5 Å². The van der Waals surface area contributed by atoms with E-state index in [9.17, 15) is 10.1 Å². The molecule has 1 atom stereocenters. The summed E-state index contributed by atoms with van der Waals surface area (Å²) in [6.45, 7) is 4.52. The molecule has 5 heteroatoms. The lowest BCUT2D eigenvalue weighted by atomic mass is 9.99. The number of anilines is 1. The number of benzene rings is 3. The number of non-ortho nitro benzene ring substituents is 1. The Morgan fingerprint density at radius 2 is 1.75 bits per heavy atom. The first kappa shape index (κ1) is 19.6. The zero-order chi connectivity index (χ0) is 20.1. The van der Waals surface area contributed by atoms with E-state index in [1.165, 1.54) is 34.2 Å². The van der Waals surface area contributed by atoms with Gasteiger partial charge in [0.25, 0.3) is 5.69 Å². The van der Waals surface area contributed by atoms with Crippen LogP contribution in [0.2, 0.25) is 0 Å². The van der Waals surface area contributed by atoms with Gasteiger partial charge >= 0.3 is 0 Å². The van der Waals surface area contributed by atoms with E-state index in [1.807, 2.05) is 20.2 Å². The van der Waals surface area contributed by atoms with Gasteiger partial charge in [-0.25, -0.2) is 0 Å². The number of nitro groups is 1. The van der Waals surface area contributed by atoms with E-state index >= 15 is 0 Å². The molecular weight excluding hydrogens is 350 g/mol. The molecule has 0 aromatic heterocycles. The summed E-state index contributed by atoms with van der Waals surface area (Å²) in [7, 11) is 4.08. The lowest BCUT2D eigenvalue weighted by molar-refractivity contribution is -0.384. The molecule has 144 valence electrons. The molecule has 1 unspecified atom stereocenters. The van der Waals surface area contributed by atoms with Gasteiger partial charge in [-0.2, -0.15) is 0 Å². The molecule has 0 aliphatic carbocycles. The van der Waals surface area contributed by atoms with Crippen LogP contribution in [0.5, 0.6) is 0 Å². The van der Waals surface area contributed by atoms with Crippen LogP contribution in [-0.2, 0) is 6.54 Å². The molecule has 0 saturated carbocycles. The average molecular weight is 375 g/mol. The van der Waals surface area contributed by atoms with E-state index in [0.717, 1.165) is 12.0 Å². The first-order valence-corrected chi connectivity index (χ1v) is 9.26. The SMILES string of the molecule is C=CCC(NCc1ccc([N+](=O)[O-])cc1)c1ccc2cc(N(C)C)ccc2c1. The van der Waals surface area contributed by atoms with E-state index in [2.05, 4.69) is 53.2 Å². The van der Waals surface area contributed by atoms with E-state index in [1.54, 1.807) is 12.1 Å². The van der Waals surface area contributed by atoms with Crippen LogP contribution in [0, 0.1) is 10.1 Å². The monoisotopic (exact) mass is 375 g/mol. The first-order valence-electron chi connectivity index (χ1n) is 9.26. The lowest BCUT2D eigenvalue weighted by Crippen LogP contribution is -2.20. The molecule has 5 nitrogen and oxygen atoms in total. The Kier molecular flexibility index (Phi) is 6.06. The number of hydrogen-bond acceptors (Lipinski definition) is 4. The molecule has 3 aromatic rings. The largest absolute Gasteiger partial charge is 0.378 e. The standard InChI is InChI=1S/C23H25N3O2/c1-4-5-23(24-16-17-6-11-21(12-7-17)26(27)28)20-9-8-19-15-22(25(2)3)13-10-18(19)14-20/h4,6-15,23-24H,1,5,16H2,2-3H3. The zero-order valence-electron chi connectivity index (χ0n) is 16.3. The fourth-order valence-electron chi connectivity index (χ4n) is 3.23. The van der Waals surface area contributed by atoms with Crippen LogP contribution < -0.4 is 10.2 Å². The van der Waals surface area contributed by atoms with Gasteiger partial charge in [0.15, 0.2) is 0 Å². The van der Waals surface area contributed by atoms with Crippen LogP contribution in [0.3, 0.4) is 0 Å². The highest BCUT2D eigenvalue weighted by Crippen LogP contribution is 2.26. The van der Waals surface area contributed by atoms with Crippen molar-refractivity contribution < 1.29 is 4.92 Å². The van der Waals surface area contributed by atoms with Crippen molar-refractivity contribution in [1.29, 1.82) is 0 Å². The third kappa shape index (κ3) is 4.56. The highest BCUT2D eigenvalue weighted by molar-refractivity contribution is 5.86. The molecule has 1 N–H and O–H groups in total. The molecule has 0 bridgehead atoms. The number of hydrogen-bond donors (Lipinski definition) is 1. The third-order valence-corrected chi connectivity index (χ3v) is 4.87. The maximum absolute atomic E-state index is 10.8. The molecule has 0 spiro atoms. The average Bonchev–Trinajstić information content (AvgIpc) is 2.70. The minimum Gasteiger partial charge on any atom is -0.378 e. The topological polar surface area (TPSA) is 58.4 Å². The Hall–Kier alpha value is -3.18. The van der Waals surface area contributed by atoms with Gasteiger partial charge in [0.2, 0.25) is 0 Å². The Balaban J connectivity index is 1.78. The van der Waals surface area contributed by atoms with Crippen molar-refractivity contribution in [1.82, 2.24) is 5.32 Å². The van der Waals surface area contributed by atoms with Crippen molar-refractivity contribution in [3.8, 4) is 0 Å². The Morgan fingerprint density at radius 1 is 1.07 bits per heavy atom. The molecule has 0 saturated heterocycles. The Labute approximate surface area is 165 Å². The highest BCUT2D eigenvalue weighted by atomic mass is 16.6. The molecule has 0 aliphatic rings. The summed E-state index contributed by atoms with van der Waals surface area (Å²) in [6, 6.07) is 19.8. The maximum Gasteiger partial charge on any atom is 0.269 e. The number of fused-ring (bicyclic) bond motifs is 1. The molecule has 0 fully saturated rings. The van der Waals surface area contributed by atoms with Gasteiger partial charge in [-0.3, -0.25) is 10.1 Å².